The van der Waals surface area contributed by atoms with E-state index in [1.807, 2.05) is 0 Å². The summed E-state index contributed by atoms with van der Waals surface area (Å²) in [7, 11) is 0. The zero-order chi connectivity index (χ0) is 29.7. The normalized spacial score (nSPS) is 44.1. The summed E-state index contributed by atoms with van der Waals surface area (Å²) in [5, 5.41) is 10.1. The van der Waals surface area contributed by atoms with E-state index in [0.29, 0.717) is 25.7 Å². The van der Waals surface area contributed by atoms with Crippen LogP contribution in [0.15, 0.2) is 0 Å². The van der Waals surface area contributed by atoms with Crippen LogP contribution in [0, 0.1) is 23.7 Å². The standard InChI is InChI=1S/C34H50N2O7/c37-22-14-15-29-30(18-22)34(41)36(33(29)40)21-7-4-9-24(17-21)43-26-11-5-10-25(19-26)42-23-8-3-6-20(16-23)35-31(38)27-12-1-2-13-28(27)32(35)39/h20-30,37H,1-19H2. The van der Waals surface area contributed by atoms with E-state index >= 15 is 0 Å². The van der Waals surface area contributed by atoms with Crippen molar-refractivity contribution in [3.8, 4) is 0 Å². The minimum Gasteiger partial charge on any atom is -0.393 e. The molecule has 5 aliphatic carbocycles. The molecule has 0 bridgehead atoms. The van der Waals surface area contributed by atoms with Crippen molar-refractivity contribution < 1.29 is 33.8 Å². The highest BCUT2D eigenvalue weighted by Crippen LogP contribution is 2.43. The molecule has 0 aromatic rings. The highest BCUT2D eigenvalue weighted by molar-refractivity contribution is 6.06. The summed E-state index contributed by atoms with van der Waals surface area (Å²) in [6.45, 7) is 0. The third-order valence-corrected chi connectivity index (χ3v) is 12.1. The number of rotatable bonds is 6. The molecule has 2 aliphatic heterocycles. The summed E-state index contributed by atoms with van der Waals surface area (Å²) in [5.41, 5.74) is 0. The van der Waals surface area contributed by atoms with Crippen molar-refractivity contribution in [3.05, 3.63) is 0 Å². The monoisotopic (exact) mass is 598 g/mol. The summed E-state index contributed by atoms with van der Waals surface area (Å²) < 4.78 is 13.3. The second kappa shape index (κ2) is 12.5. The molecule has 1 N–H and O–H groups in total. The molecule has 7 aliphatic rings. The van der Waals surface area contributed by atoms with Crippen molar-refractivity contribution in [2.24, 2.45) is 23.7 Å². The van der Waals surface area contributed by atoms with Gasteiger partial charge in [0.2, 0.25) is 23.6 Å². The van der Waals surface area contributed by atoms with Crippen molar-refractivity contribution in [2.75, 3.05) is 0 Å². The highest BCUT2D eigenvalue weighted by Gasteiger charge is 2.53. The number of carbonyl (C=O) groups excluding carboxylic acids is 4. The molecule has 11 atom stereocenters. The summed E-state index contributed by atoms with van der Waals surface area (Å²) >= 11 is 0. The number of ether oxygens (including phenoxy) is 2. The summed E-state index contributed by atoms with van der Waals surface area (Å²) in [6, 6.07) is -0.126. The average molecular weight is 599 g/mol. The van der Waals surface area contributed by atoms with Gasteiger partial charge in [-0.15, -0.1) is 0 Å². The summed E-state index contributed by atoms with van der Waals surface area (Å²) in [4.78, 5) is 56.0. The van der Waals surface area contributed by atoms with Crippen LogP contribution in [0.2, 0.25) is 0 Å². The number of hydrogen-bond acceptors (Lipinski definition) is 7. The van der Waals surface area contributed by atoms with E-state index in [9.17, 15) is 24.3 Å². The Morgan fingerprint density at radius 3 is 1.37 bits per heavy atom. The third-order valence-electron chi connectivity index (χ3n) is 12.1. The van der Waals surface area contributed by atoms with Gasteiger partial charge in [-0.3, -0.25) is 29.0 Å². The maximum Gasteiger partial charge on any atom is 0.233 e. The van der Waals surface area contributed by atoms with Gasteiger partial charge in [-0.05, 0) is 109 Å². The van der Waals surface area contributed by atoms with E-state index in [4.69, 9.17) is 9.47 Å². The Balaban J connectivity index is 0.915. The molecular weight excluding hydrogens is 548 g/mol. The number of likely N-dealkylation sites (tertiary alicyclic amines) is 2. The van der Waals surface area contributed by atoms with Crippen molar-refractivity contribution in [1.29, 1.82) is 0 Å². The Kier molecular flexibility index (Phi) is 8.68. The third kappa shape index (κ3) is 5.83. The van der Waals surface area contributed by atoms with E-state index < -0.39 is 6.10 Å². The lowest BCUT2D eigenvalue weighted by molar-refractivity contribution is -0.146. The quantitative estimate of drug-likeness (QED) is 0.454. The number of fused-ring (bicyclic) bond motifs is 2. The first-order valence-corrected chi connectivity index (χ1v) is 17.6. The van der Waals surface area contributed by atoms with E-state index in [1.165, 1.54) is 0 Å². The molecule has 2 heterocycles. The Labute approximate surface area is 255 Å². The maximum atomic E-state index is 13.2. The number of aliphatic hydroxyl groups excluding tert-OH is 1. The van der Waals surface area contributed by atoms with Crippen molar-refractivity contribution in [3.63, 3.8) is 0 Å². The van der Waals surface area contributed by atoms with Gasteiger partial charge in [-0.25, -0.2) is 0 Å². The van der Waals surface area contributed by atoms with E-state index in [0.717, 1.165) is 96.3 Å². The predicted molar refractivity (Wildman–Crippen MR) is 156 cm³/mol. The molecule has 11 unspecified atom stereocenters. The Bertz CT molecular complexity index is 1070. The molecule has 2 saturated heterocycles. The fourth-order valence-corrected chi connectivity index (χ4v) is 9.94. The fraction of sp³-hybridized carbons (Fsp3) is 0.882. The van der Waals surface area contributed by atoms with Crippen molar-refractivity contribution in [1.82, 2.24) is 9.80 Å². The van der Waals surface area contributed by atoms with Gasteiger partial charge in [-0.2, -0.15) is 0 Å². The molecule has 4 amide bonds. The van der Waals surface area contributed by atoms with Gasteiger partial charge in [0.15, 0.2) is 0 Å². The van der Waals surface area contributed by atoms with Gasteiger partial charge >= 0.3 is 0 Å². The van der Waals surface area contributed by atoms with E-state index in [2.05, 4.69) is 0 Å². The molecular formula is C34H50N2O7. The Morgan fingerprint density at radius 2 is 0.860 bits per heavy atom. The smallest absolute Gasteiger partial charge is 0.233 e. The number of carbonyl (C=O) groups is 4. The first-order valence-electron chi connectivity index (χ1n) is 17.6. The lowest BCUT2D eigenvalue weighted by Crippen LogP contribution is -2.46. The first kappa shape index (κ1) is 29.8. The second-order valence-corrected chi connectivity index (χ2v) is 14.8. The molecule has 43 heavy (non-hydrogen) atoms. The number of hydrogen-bond donors (Lipinski definition) is 1. The molecule has 0 aromatic carbocycles. The molecule has 0 spiro atoms. The minimum atomic E-state index is -0.476. The average Bonchev–Trinajstić information content (AvgIpc) is 3.41. The van der Waals surface area contributed by atoms with E-state index in [-0.39, 0.29) is 83.8 Å². The SMILES string of the molecule is O=C1C2CCCCC2C(=O)N1C1CCCC(OC2CCCC(OC3CCCC(N4C(=O)C5CCC(O)CC5C4=O)C3)C2)C1. The Morgan fingerprint density at radius 1 is 0.442 bits per heavy atom. The van der Waals surface area contributed by atoms with E-state index in [1.54, 1.807) is 9.80 Å². The largest absolute Gasteiger partial charge is 0.393 e. The predicted octanol–water partition coefficient (Wildman–Crippen LogP) is 4.27. The van der Waals surface area contributed by atoms with Gasteiger partial charge < -0.3 is 14.6 Å². The van der Waals surface area contributed by atoms with Crippen LogP contribution in [-0.2, 0) is 28.7 Å². The van der Waals surface area contributed by atoms with Gasteiger partial charge in [0.05, 0.1) is 54.2 Å². The van der Waals surface area contributed by atoms with Crippen LogP contribution >= 0.6 is 0 Å². The van der Waals surface area contributed by atoms with Crippen LogP contribution < -0.4 is 0 Å². The second-order valence-electron chi connectivity index (χ2n) is 14.8. The Hall–Kier alpha value is -1.84. The zero-order valence-electron chi connectivity index (χ0n) is 25.6. The van der Waals surface area contributed by atoms with Gasteiger partial charge in [0.25, 0.3) is 0 Å². The molecule has 9 heteroatoms. The molecule has 0 aromatic heterocycles. The highest BCUT2D eigenvalue weighted by atomic mass is 16.5. The maximum absolute atomic E-state index is 13.2. The summed E-state index contributed by atoms with van der Waals surface area (Å²) in [6.07, 6.45) is 16.2. The van der Waals surface area contributed by atoms with Crippen LogP contribution in [0.25, 0.3) is 0 Å². The van der Waals surface area contributed by atoms with Crippen LogP contribution in [0.4, 0.5) is 0 Å². The van der Waals surface area contributed by atoms with Crippen LogP contribution in [0.5, 0.6) is 0 Å². The minimum absolute atomic E-state index is 0.0257. The zero-order valence-corrected chi connectivity index (χ0v) is 25.6. The summed E-state index contributed by atoms with van der Waals surface area (Å²) in [5.74, 6) is -0.726. The topological polar surface area (TPSA) is 113 Å². The lowest BCUT2D eigenvalue weighted by atomic mass is 9.80. The number of amides is 4. The molecule has 238 valence electrons. The molecule has 5 saturated carbocycles. The lowest BCUT2D eigenvalue weighted by Gasteiger charge is -2.39. The molecule has 0 radical (unpaired) electrons. The van der Waals surface area contributed by atoms with Gasteiger partial charge in [0.1, 0.15) is 0 Å². The molecule has 9 nitrogen and oxygen atoms in total. The number of aliphatic hydroxyl groups is 1. The van der Waals surface area contributed by atoms with Gasteiger partial charge in [0, 0.05) is 12.1 Å². The van der Waals surface area contributed by atoms with Crippen LogP contribution in [0.3, 0.4) is 0 Å². The fourth-order valence-electron chi connectivity index (χ4n) is 9.94. The number of imide groups is 2. The first-order chi connectivity index (χ1) is 20.9. The molecule has 7 fully saturated rings. The van der Waals surface area contributed by atoms with Crippen molar-refractivity contribution >= 4 is 23.6 Å². The van der Waals surface area contributed by atoms with Crippen LogP contribution in [-0.4, -0.2) is 81.1 Å². The van der Waals surface area contributed by atoms with Crippen molar-refractivity contribution in [2.45, 2.75) is 165 Å². The van der Waals surface area contributed by atoms with Crippen LogP contribution in [0.1, 0.15) is 122 Å². The number of nitrogens with zero attached hydrogens (tertiary/aromatic N) is 2. The molecule has 7 rings (SSSR count). The van der Waals surface area contributed by atoms with Gasteiger partial charge in [-0.1, -0.05) is 12.8 Å².